The first-order valence-electron chi connectivity index (χ1n) is 9.87. The molecule has 8 heteroatoms. The number of imidazole rings is 2. The van der Waals surface area contributed by atoms with Crippen molar-refractivity contribution >= 4 is 22.6 Å². The molecule has 0 spiro atoms. The van der Waals surface area contributed by atoms with Gasteiger partial charge in [0.2, 0.25) is 11.8 Å². The van der Waals surface area contributed by atoms with Gasteiger partial charge in [0, 0.05) is 31.5 Å². The average Bonchev–Trinajstić information content (AvgIpc) is 3.39. The number of hydrogen-bond acceptors (Lipinski definition) is 5. The second kappa shape index (κ2) is 7.54. The van der Waals surface area contributed by atoms with Gasteiger partial charge in [0.25, 0.3) is 0 Å². The molecule has 0 unspecified atom stereocenters. The third-order valence-electron chi connectivity index (χ3n) is 5.50. The largest absolute Gasteiger partial charge is 0.476 e. The van der Waals surface area contributed by atoms with Crippen molar-refractivity contribution in [2.24, 2.45) is 5.92 Å². The van der Waals surface area contributed by atoms with Crippen molar-refractivity contribution in [1.29, 1.82) is 0 Å². The Balaban J connectivity index is 1.13. The fraction of sp³-hybridized carbons (Fsp3) is 0.333. The van der Waals surface area contributed by atoms with Crippen LogP contribution in [-0.2, 0) is 11.3 Å². The van der Waals surface area contributed by atoms with Crippen LogP contribution in [0.5, 0.6) is 5.88 Å². The Morgan fingerprint density at radius 1 is 1.10 bits per heavy atom. The Kier molecular flexibility index (Phi) is 4.59. The van der Waals surface area contributed by atoms with E-state index in [1.54, 1.807) is 23.2 Å². The molecule has 1 amide bonds. The van der Waals surface area contributed by atoms with Crippen LogP contribution in [-0.4, -0.2) is 54.7 Å². The van der Waals surface area contributed by atoms with Crippen molar-refractivity contribution in [2.45, 2.75) is 19.4 Å². The first-order chi connectivity index (χ1) is 14.3. The topological polar surface area (TPSA) is 77.5 Å². The summed E-state index contributed by atoms with van der Waals surface area (Å²) < 4.78 is 9.50. The third kappa shape index (κ3) is 3.65. The maximum absolute atomic E-state index is 12.7. The molecule has 0 bridgehead atoms. The van der Waals surface area contributed by atoms with Crippen LogP contribution < -0.4 is 4.74 Å². The molecule has 0 radical (unpaired) electrons. The van der Waals surface area contributed by atoms with E-state index in [4.69, 9.17) is 4.74 Å². The molecule has 0 N–H and O–H groups in total. The van der Waals surface area contributed by atoms with Gasteiger partial charge in [0.05, 0.1) is 24.0 Å². The molecule has 29 heavy (non-hydrogen) atoms. The molecule has 1 aliphatic heterocycles. The van der Waals surface area contributed by atoms with Gasteiger partial charge in [-0.2, -0.15) is 0 Å². The summed E-state index contributed by atoms with van der Waals surface area (Å²) in [6.45, 7) is 2.46. The molecule has 0 aliphatic carbocycles. The molecule has 4 aromatic rings. The summed E-state index contributed by atoms with van der Waals surface area (Å²) in [4.78, 5) is 23.2. The van der Waals surface area contributed by atoms with Crippen molar-refractivity contribution in [1.82, 2.24) is 29.0 Å². The van der Waals surface area contributed by atoms with E-state index in [0.717, 1.165) is 42.6 Å². The minimum Gasteiger partial charge on any atom is -0.476 e. The minimum absolute atomic E-state index is 0.139. The highest BCUT2D eigenvalue weighted by molar-refractivity contribution is 5.80. The highest BCUT2D eigenvalue weighted by Gasteiger charge is 2.23. The fourth-order valence-corrected chi connectivity index (χ4v) is 3.81. The standard InChI is InChI=1S/C21H22N6O2/c28-21(13-26-15-23-17-3-1-2-4-18(17)26)25-10-7-16(8-11-25)14-29-20-6-5-19-22-9-12-27(19)24-20/h1-6,9,12,15-16H,7-8,10-11,13-14H2. The first kappa shape index (κ1) is 17.7. The number of hydrogen-bond donors (Lipinski definition) is 0. The summed E-state index contributed by atoms with van der Waals surface area (Å²) in [6, 6.07) is 11.6. The lowest BCUT2D eigenvalue weighted by molar-refractivity contribution is -0.133. The molecule has 3 aromatic heterocycles. The Labute approximate surface area is 167 Å². The number of likely N-dealkylation sites (tertiary alicyclic amines) is 1. The summed E-state index contributed by atoms with van der Waals surface area (Å²) in [5, 5.41) is 4.39. The third-order valence-corrected chi connectivity index (χ3v) is 5.50. The maximum atomic E-state index is 12.7. The number of rotatable bonds is 5. The number of para-hydroxylation sites is 2. The number of carbonyl (C=O) groups excluding carboxylic acids is 1. The van der Waals surface area contributed by atoms with Crippen molar-refractivity contribution in [3.05, 3.63) is 55.1 Å². The van der Waals surface area contributed by atoms with Crippen LogP contribution >= 0.6 is 0 Å². The zero-order valence-corrected chi connectivity index (χ0v) is 16.0. The molecule has 5 rings (SSSR count). The zero-order chi connectivity index (χ0) is 19.6. The molecule has 8 nitrogen and oxygen atoms in total. The molecular formula is C21H22N6O2. The number of benzene rings is 1. The quantitative estimate of drug-likeness (QED) is 0.523. The van der Waals surface area contributed by atoms with E-state index in [2.05, 4.69) is 15.1 Å². The summed E-state index contributed by atoms with van der Waals surface area (Å²) in [6.07, 6.45) is 7.13. The van der Waals surface area contributed by atoms with Gasteiger partial charge in [-0.15, -0.1) is 5.10 Å². The van der Waals surface area contributed by atoms with Crippen LogP contribution in [0, 0.1) is 5.92 Å². The van der Waals surface area contributed by atoms with Gasteiger partial charge < -0.3 is 14.2 Å². The molecule has 1 aromatic carbocycles. The predicted octanol–water partition coefficient (Wildman–Crippen LogP) is 2.40. The van der Waals surface area contributed by atoms with Crippen LogP contribution in [0.15, 0.2) is 55.1 Å². The number of carbonyl (C=O) groups is 1. The van der Waals surface area contributed by atoms with Crippen LogP contribution in [0.1, 0.15) is 12.8 Å². The Morgan fingerprint density at radius 3 is 2.86 bits per heavy atom. The van der Waals surface area contributed by atoms with E-state index in [-0.39, 0.29) is 5.91 Å². The molecule has 1 fully saturated rings. The number of amides is 1. The second-order valence-electron chi connectivity index (χ2n) is 7.40. The summed E-state index contributed by atoms with van der Waals surface area (Å²) >= 11 is 0. The van der Waals surface area contributed by atoms with Crippen molar-refractivity contribution in [3.63, 3.8) is 0 Å². The van der Waals surface area contributed by atoms with Crippen molar-refractivity contribution in [2.75, 3.05) is 19.7 Å². The van der Waals surface area contributed by atoms with Crippen LogP contribution in [0.4, 0.5) is 0 Å². The van der Waals surface area contributed by atoms with Gasteiger partial charge in [0.1, 0.15) is 6.54 Å². The Hall–Kier alpha value is -3.42. The molecule has 148 valence electrons. The van der Waals surface area contributed by atoms with Gasteiger partial charge in [-0.25, -0.2) is 14.5 Å². The number of fused-ring (bicyclic) bond motifs is 2. The average molecular weight is 390 g/mol. The van der Waals surface area contributed by atoms with Crippen LogP contribution in [0.3, 0.4) is 0 Å². The van der Waals surface area contributed by atoms with E-state index in [1.165, 1.54) is 0 Å². The highest BCUT2D eigenvalue weighted by atomic mass is 16.5. The molecular weight excluding hydrogens is 368 g/mol. The van der Waals surface area contributed by atoms with E-state index in [1.807, 2.05) is 45.9 Å². The number of aromatic nitrogens is 5. The molecule has 0 saturated carbocycles. The number of piperidine rings is 1. The monoisotopic (exact) mass is 390 g/mol. The molecule has 4 heterocycles. The predicted molar refractivity (Wildman–Crippen MR) is 108 cm³/mol. The van der Waals surface area contributed by atoms with E-state index < -0.39 is 0 Å². The SMILES string of the molecule is O=C(Cn1cnc2ccccc21)N1CCC(COc2ccc3nccn3n2)CC1. The normalized spacial score (nSPS) is 15.2. The molecule has 1 saturated heterocycles. The van der Waals surface area contributed by atoms with Gasteiger partial charge in [-0.1, -0.05) is 12.1 Å². The summed E-state index contributed by atoms with van der Waals surface area (Å²) in [7, 11) is 0. The highest BCUT2D eigenvalue weighted by Crippen LogP contribution is 2.20. The van der Waals surface area contributed by atoms with E-state index >= 15 is 0 Å². The molecule has 0 atom stereocenters. The summed E-state index contributed by atoms with van der Waals surface area (Å²) in [5.41, 5.74) is 2.71. The Bertz CT molecular complexity index is 1140. The Morgan fingerprint density at radius 2 is 1.97 bits per heavy atom. The summed E-state index contributed by atoms with van der Waals surface area (Å²) in [5.74, 6) is 1.16. The number of ether oxygens (including phenoxy) is 1. The minimum atomic E-state index is 0.139. The van der Waals surface area contributed by atoms with E-state index in [0.29, 0.717) is 24.9 Å². The van der Waals surface area contributed by atoms with Crippen LogP contribution in [0.2, 0.25) is 0 Å². The van der Waals surface area contributed by atoms with Gasteiger partial charge in [0.15, 0.2) is 5.65 Å². The van der Waals surface area contributed by atoms with Crippen molar-refractivity contribution in [3.8, 4) is 5.88 Å². The van der Waals surface area contributed by atoms with Crippen molar-refractivity contribution < 1.29 is 9.53 Å². The first-order valence-corrected chi connectivity index (χ1v) is 9.87. The second-order valence-corrected chi connectivity index (χ2v) is 7.40. The maximum Gasteiger partial charge on any atom is 0.242 e. The smallest absolute Gasteiger partial charge is 0.242 e. The lowest BCUT2D eigenvalue weighted by Crippen LogP contribution is -2.41. The van der Waals surface area contributed by atoms with Gasteiger partial charge in [-0.3, -0.25) is 4.79 Å². The van der Waals surface area contributed by atoms with Crippen LogP contribution in [0.25, 0.3) is 16.7 Å². The molecule has 1 aliphatic rings. The zero-order valence-electron chi connectivity index (χ0n) is 16.0. The fourth-order valence-electron chi connectivity index (χ4n) is 3.81. The van der Waals surface area contributed by atoms with E-state index in [9.17, 15) is 4.79 Å². The number of nitrogens with zero attached hydrogens (tertiary/aromatic N) is 6. The van der Waals surface area contributed by atoms with Gasteiger partial charge in [-0.05, 0) is 37.0 Å². The lowest BCUT2D eigenvalue weighted by Gasteiger charge is -2.32. The van der Waals surface area contributed by atoms with Gasteiger partial charge >= 0.3 is 0 Å². The lowest BCUT2D eigenvalue weighted by atomic mass is 9.98.